The van der Waals surface area contributed by atoms with Gasteiger partial charge in [-0.15, -0.1) is 0 Å². The number of carbonyl (C=O) groups excluding carboxylic acids is 2. The highest BCUT2D eigenvalue weighted by Crippen LogP contribution is 2.27. The molecule has 11 heteroatoms. The van der Waals surface area contributed by atoms with Gasteiger partial charge in [0.1, 0.15) is 5.84 Å². The monoisotopic (exact) mass is 367 g/mol. The molecule has 136 valence electrons. The van der Waals surface area contributed by atoms with Gasteiger partial charge in [-0.1, -0.05) is 0 Å². The Kier molecular flexibility index (Phi) is 4.78. The number of nitrogens with zero attached hydrogens (tertiary/aromatic N) is 2. The molecule has 1 unspecified atom stereocenters. The number of carbonyl (C=O) groups is 2. The second-order valence-electron chi connectivity index (χ2n) is 5.27. The van der Waals surface area contributed by atoms with E-state index in [0.717, 1.165) is 12.1 Å². The summed E-state index contributed by atoms with van der Waals surface area (Å²) in [4.78, 5) is 22.0. The highest BCUT2D eigenvalue weighted by Gasteiger charge is 2.41. The second-order valence-corrected chi connectivity index (χ2v) is 5.27. The fraction of sp³-hybridized carbons (Fsp3) is 0.357. The molecule has 1 aliphatic rings. The van der Waals surface area contributed by atoms with Crippen LogP contribution in [0, 0.1) is 0 Å². The van der Waals surface area contributed by atoms with Crippen molar-refractivity contribution in [3.8, 4) is 0 Å². The number of hydrogen-bond acceptors (Lipinski definition) is 4. The van der Waals surface area contributed by atoms with Gasteiger partial charge in [0.2, 0.25) is 0 Å². The Labute approximate surface area is 137 Å². The van der Waals surface area contributed by atoms with Gasteiger partial charge in [0.05, 0.1) is 11.7 Å². The predicted octanol–water partition coefficient (Wildman–Crippen LogP) is 3.02. The molecule has 0 saturated carbocycles. The van der Waals surface area contributed by atoms with Gasteiger partial charge in [-0.25, -0.2) is 0 Å². The van der Waals surface area contributed by atoms with Crippen molar-refractivity contribution in [3.05, 3.63) is 29.8 Å². The van der Waals surface area contributed by atoms with Crippen LogP contribution in [0.2, 0.25) is 0 Å². The normalized spacial score (nSPS) is 18.1. The van der Waals surface area contributed by atoms with Gasteiger partial charge in [-0.2, -0.15) is 31.4 Å². The minimum atomic E-state index is -5.06. The zero-order chi connectivity index (χ0) is 19.0. The van der Waals surface area contributed by atoms with E-state index in [1.165, 1.54) is 17.1 Å². The number of Topliss-reactive ketones (excluding diaryl/α,β-unsaturated/α-hetero) is 1. The number of benzene rings is 1. The first-order valence-corrected chi connectivity index (χ1v) is 6.86. The molecule has 1 N–H and O–H groups in total. The quantitative estimate of drug-likeness (QED) is 0.646. The number of hydrazone groups is 1. The summed E-state index contributed by atoms with van der Waals surface area (Å²) in [6.07, 6.45) is -10.1. The lowest BCUT2D eigenvalue weighted by molar-refractivity contribution is -0.171. The van der Waals surface area contributed by atoms with E-state index in [1.54, 1.807) is 12.2 Å². The van der Waals surface area contributed by atoms with E-state index < -0.39 is 35.6 Å². The van der Waals surface area contributed by atoms with E-state index in [4.69, 9.17) is 0 Å². The zero-order valence-electron chi connectivity index (χ0n) is 12.6. The topological polar surface area (TPSA) is 61.8 Å². The van der Waals surface area contributed by atoms with Gasteiger partial charge >= 0.3 is 18.3 Å². The third-order valence-electron chi connectivity index (χ3n) is 3.30. The van der Waals surface area contributed by atoms with Crippen LogP contribution in [0.4, 0.5) is 32.0 Å². The van der Waals surface area contributed by atoms with E-state index in [9.17, 15) is 35.9 Å². The van der Waals surface area contributed by atoms with Crippen molar-refractivity contribution in [2.75, 3.05) is 5.01 Å². The molecular formula is C14H11F6N3O2. The van der Waals surface area contributed by atoms with Gasteiger partial charge < -0.3 is 5.32 Å². The Balaban J connectivity index is 2.16. The molecule has 0 fully saturated rings. The molecule has 1 aromatic rings. The Morgan fingerprint density at radius 2 is 1.64 bits per heavy atom. The summed E-state index contributed by atoms with van der Waals surface area (Å²) in [5, 5.41) is 6.71. The number of nitrogens with one attached hydrogen (secondary N) is 1. The highest BCUT2D eigenvalue weighted by molar-refractivity contribution is 6.02. The third kappa shape index (κ3) is 4.28. The molecule has 0 aliphatic carbocycles. The maximum absolute atomic E-state index is 12.4. The van der Waals surface area contributed by atoms with Crippen LogP contribution in [-0.2, 0) is 4.79 Å². The van der Waals surface area contributed by atoms with E-state index >= 15 is 0 Å². The average molecular weight is 367 g/mol. The van der Waals surface area contributed by atoms with E-state index in [1.807, 2.05) is 0 Å². The second kappa shape index (κ2) is 6.37. The van der Waals surface area contributed by atoms with Gasteiger partial charge in [0.15, 0.2) is 0 Å². The molecule has 1 aliphatic heterocycles. The van der Waals surface area contributed by atoms with Gasteiger partial charge in [-0.05, 0) is 31.2 Å². The van der Waals surface area contributed by atoms with Crippen LogP contribution in [0.15, 0.2) is 29.4 Å². The largest absolute Gasteiger partial charge is 0.471 e. The molecule has 1 amide bonds. The molecule has 0 bridgehead atoms. The van der Waals surface area contributed by atoms with Crippen LogP contribution in [0.25, 0.3) is 0 Å². The lowest BCUT2D eigenvalue weighted by atomic mass is 10.1. The van der Waals surface area contributed by atoms with Gasteiger partial charge in [-0.3, -0.25) is 14.6 Å². The van der Waals surface area contributed by atoms with Gasteiger partial charge in [0, 0.05) is 12.0 Å². The fourth-order valence-electron chi connectivity index (χ4n) is 2.16. The number of alkyl halides is 6. The maximum atomic E-state index is 12.4. The van der Waals surface area contributed by atoms with E-state index in [2.05, 4.69) is 5.10 Å². The number of rotatable bonds is 2. The Morgan fingerprint density at radius 1 is 1.08 bits per heavy atom. The molecule has 0 radical (unpaired) electrons. The first-order chi connectivity index (χ1) is 11.4. The number of amides is 1. The highest BCUT2D eigenvalue weighted by atomic mass is 19.4. The zero-order valence-corrected chi connectivity index (χ0v) is 12.6. The van der Waals surface area contributed by atoms with Crippen LogP contribution in [0.1, 0.15) is 23.7 Å². The molecule has 5 nitrogen and oxygen atoms in total. The number of halogens is 6. The van der Waals surface area contributed by atoms with Crippen molar-refractivity contribution >= 4 is 23.2 Å². The summed E-state index contributed by atoms with van der Waals surface area (Å²) in [7, 11) is 0. The van der Waals surface area contributed by atoms with E-state index in [0.29, 0.717) is 0 Å². The Hall–Kier alpha value is -2.59. The Morgan fingerprint density at radius 3 is 2.12 bits per heavy atom. The summed E-state index contributed by atoms with van der Waals surface area (Å²) in [6, 6.07) is 3.83. The van der Waals surface area contributed by atoms with Gasteiger partial charge in [0.25, 0.3) is 5.78 Å². The fourth-order valence-corrected chi connectivity index (χ4v) is 2.16. The molecular weight excluding hydrogens is 356 g/mol. The molecule has 1 aromatic carbocycles. The molecule has 1 heterocycles. The van der Waals surface area contributed by atoms with Crippen LogP contribution < -0.4 is 10.3 Å². The van der Waals surface area contributed by atoms with Crippen LogP contribution in [-0.4, -0.2) is 35.9 Å². The SMILES string of the molecule is CC1CC(NC(=O)C(F)(F)F)=NN1c1ccc(C(=O)C(F)(F)F)cc1. The molecule has 0 aromatic heterocycles. The molecule has 25 heavy (non-hydrogen) atoms. The van der Waals surface area contributed by atoms with Crippen molar-refractivity contribution in [2.24, 2.45) is 5.10 Å². The standard InChI is InChI=1S/C14H11F6N3O2/c1-7-6-10(21-12(25)14(18,19)20)22-23(7)9-4-2-8(3-5-9)11(24)13(15,16)17/h2-5,7H,6H2,1H3,(H,21,22,25). The molecule has 0 spiro atoms. The molecule has 2 rings (SSSR count). The minimum absolute atomic E-state index is 0.00501. The Bertz CT molecular complexity index is 709. The predicted molar refractivity (Wildman–Crippen MR) is 75.0 cm³/mol. The van der Waals surface area contributed by atoms with Crippen molar-refractivity contribution < 1.29 is 35.9 Å². The number of ketones is 1. The van der Waals surface area contributed by atoms with Crippen LogP contribution in [0.3, 0.4) is 0 Å². The summed E-state index contributed by atoms with van der Waals surface area (Å²) < 4.78 is 73.8. The van der Waals surface area contributed by atoms with Crippen molar-refractivity contribution in [2.45, 2.75) is 31.7 Å². The van der Waals surface area contributed by atoms with Crippen molar-refractivity contribution in [1.29, 1.82) is 0 Å². The van der Waals surface area contributed by atoms with Crippen LogP contribution in [0.5, 0.6) is 0 Å². The lowest BCUT2D eigenvalue weighted by Crippen LogP contribution is -2.40. The van der Waals surface area contributed by atoms with Crippen molar-refractivity contribution in [3.63, 3.8) is 0 Å². The van der Waals surface area contributed by atoms with Crippen molar-refractivity contribution in [1.82, 2.24) is 5.32 Å². The molecule has 1 atom stereocenters. The number of amidine groups is 1. The smallest absolute Gasteiger partial charge is 0.305 e. The first kappa shape index (κ1) is 18.7. The third-order valence-corrected chi connectivity index (χ3v) is 3.30. The molecule has 0 saturated heterocycles. The summed E-state index contributed by atoms with van der Waals surface area (Å²) in [6.45, 7) is 1.60. The van der Waals surface area contributed by atoms with E-state index in [-0.39, 0.29) is 17.9 Å². The lowest BCUT2D eigenvalue weighted by Gasteiger charge is -2.19. The summed E-state index contributed by atoms with van der Waals surface area (Å²) in [5.41, 5.74) is -0.305. The summed E-state index contributed by atoms with van der Waals surface area (Å²) >= 11 is 0. The van der Waals surface area contributed by atoms with Crippen LogP contribution >= 0.6 is 0 Å². The maximum Gasteiger partial charge on any atom is 0.471 e. The average Bonchev–Trinajstić information content (AvgIpc) is 2.85. The minimum Gasteiger partial charge on any atom is -0.305 e. The first-order valence-electron chi connectivity index (χ1n) is 6.86. The number of anilines is 1. The summed E-state index contributed by atoms with van der Waals surface area (Å²) in [5.74, 6) is -4.38. The number of hydrogen-bond donors (Lipinski definition) is 1.